The molecular weight excluding hydrogens is 456 g/mol. The number of carbonyl (C=O) groups excluding carboxylic acids is 2. The largest absolute Gasteiger partial charge is 0.492 e. The maximum atomic E-state index is 13.0. The van der Waals surface area contributed by atoms with Gasteiger partial charge < -0.3 is 20.1 Å². The minimum atomic E-state index is -3.62. The van der Waals surface area contributed by atoms with E-state index < -0.39 is 15.7 Å². The van der Waals surface area contributed by atoms with Gasteiger partial charge in [-0.15, -0.1) is 0 Å². The van der Waals surface area contributed by atoms with Crippen LogP contribution in [0, 0.1) is 0 Å². The minimum absolute atomic E-state index is 0.00636. The quantitative estimate of drug-likeness (QED) is 0.468. The van der Waals surface area contributed by atoms with Gasteiger partial charge in [0.2, 0.25) is 0 Å². The molecule has 3 rings (SSSR count). The number of benzene rings is 3. The van der Waals surface area contributed by atoms with Crippen molar-refractivity contribution in [1.82, 2.24) is 0 Å². The van der Waals surface area contributed by atoms with E-state index in [0.717, 1.165) is 6.26 Å². The van der Waals surface area contributed by atoms with Crippen LogP contribution in [0.25, 0.3) is 0 Å². The Bertz CT molecular complexity index is 1290. The Hall–Kier alpha value is -3.85. The lowest BCUT2D eigenvalue weighted by Gasteiger charge is -2.18. The minimum Gasteiger partial charge on any atom is -0.492 e. The lowest BCUT2D eigenvalue weighted by Crippen LogP contribution is -2.17. The van der Waals surface area contributed by atoms with Crippen molar-refractivity contribution >= 4 is 33.0 Å². The topological polar surface area (TPSA) is 111 Å². The molecule has 0 spiro atoms. The summed E-state index contributed by atoms with van der Waals surface area (Å²) in [6, 6.07) is 17.8. The van der Waals surface area contributed by atoms with Crippen molar-refractivity contribution in [2.45, 2.75) is 18.7 Å². The third kappa shape index (κ3) is 5.93. The van der Waals surface area contributed by atoms with Crippen LogP contribution in [0.5, 0.6) is 11.5 Å². The molecule has 0 aliphatic heterocycles. The van der Waals surface area contributed by atoms with Gasteiger partial charge in [-0.2, -0.15) is 0 Å². The molecule has 0 atom stereocenters. The first kappa shape index (κ1) is 24.8. The summed E-state index contributed by atoms with van der Waals surface area (Å²) in [7, 11) is -3.62. The average Bonchev–Trinajstić information content (AvgIpc) is 2.82. The molecule has 0 aromatic heterocycles. The molecule has 8 nitrogen and oxygen atoms in total. The van der Waals surface area contributed by atoms with E-state index in [1.54, 1.807) is 56.3 Å². The van der Waals surface area contributed by atoms with Gasteiger partial charge in [-0.05, 0) is 38.1 Å². The number of nitrogens with one attached hydrogen (secondary N) is 2. The second kappa shape index (κ2) is 10.8. The number of sulfone groups is 1. The molecule has 2 N–H and O–H groups in total. The highest BCUT2D eigenvalue weighted by Crippen LogP contribution is 2.37. The van der Waals surface area contributed by atoms with Gasteiger partial charge in [-0.25, -0.2) is 8.42 Å². The van der Waals surface area contributed by atoms with Crippen LogP contribution in [0.3, 0.4) is 0 Å². The maximum absolute atomic E-state index is 13.0. The Morgan fingerprint density at radius 1 is 0.765 bits per heavy atom. The standard InChI is InChI=1S/C25H26N2O6S/c1-4-32-21-16-20(27-25(29)18-13-9-10-14-23(18)34(3,30)31)22(33-5-2)15-19(21)26-24(28)17-11-7-6-8-12-17/h6-16H,4-5H2,1-3H3,(H,26,28)(H,27,29). The van der Waals surface area contributed by atoms with Gasteiger partial charge >= 0.3 is 0 Å². The lowest BCUT2D eigenvalue weighted by molar-refractivity contribution is 0.101. The Morgan fingerprint density at radius 2 is 1.26 bits per heavy atom. The summed E-state index contributed by atoms with van der Waals surface area (Å²) < 4.78 is 35.6. The van der Waals surface area contributed by atoms with Crippen molar-refractivity contribution in [3.8, 4) is 11.5 Å². The zero-order valence-electron chi connectivity index (χ0n) is 19.1. The van der Waals surface area contributed by atoms with E-state index in [-0.39, 0.29) is 22.1 Å². The number of rotatable bonds is 9. The maximum Gasteiger partial charge on any atom is 0.257 e. The number of carbonyl (C=O) groups is 2. The predicted octanol–water partition coefficient (Wildman–Crippen LogP) is 4.39. The molecule has 178 valence electrons. The summed E-state index contributed by atoms with van der Waals surface area (Å²) in [5.74, 6) is -0.338. The first-order valence-corrected chi connectivity index (χ1v) is 12.5. The third-order valence-electron chi connectivity index (χ3n) is 4.74. The van der Waals surface area contributed by atoms with Crippen LogP contribution in [0.1, 0.15) is 34.6 Å². The molecule has 0 aliphatic carbocycles. The highest BCUT2D eigenvalue weighted by molar-refractivity contribution is 7.90. The molecule has 0 saturated heterocycles. The summed E-state index contributed by atoms with van der Waals surface area (Å²) in [6.07, 6.45) is 1.04. The van der Waals surface area contributed by atoms with Crippen LogP contribution in [0.15, 0.2) is 71.6 Å². The van der Waals surface area contributed by atoms with E-state index in [9.17, 15) is 18.0 Å². The summed E-state index contributed by atoms with van der Waals surface area (Å²) >= 11 is 0. The smallest absolute Gasteiger partial charge is 0.257 e. The average molecular weight is 483 g/mol. The van der Waals surface area contributed by atoms with Gasteiger partial charge in [0.15, 0.2) is 9.84 Å². The Kier molecular flexibility index (Phi) is 7.91. The van der Waals surface area contributed by atoms with Gasteiger partial charge in [0.1, 0.15) is 11.5 Å². The molecule has 2 amide bonds. The fourth-order valence-corrected chi connectivity index (χ4v) is 4.14. The number of hydrogen-bond acceptors (Lipinski definition) is 6. The monoisotopic (exact) mass is 482 g/mol. The van der Waals surface area contributed by atoms with E-state index in [2.05, 4.69) is 10.6 Å². The van der Waals surface area contributed by atoms with Crippen molar-refractivity contribution in [2.75, 3.05) is 30.1 Å². The molecule has 3 aromatic carbocycles. The van der Waals surface area contributed by atoms with Gasteiger partial charge in [0, 0.05) is 24.0 Å². The highest BCUT2D eigenvalue weighted by Gasteiger charge is 2.21. The molecule has 0 bridgehead atoms. The summed E-state index contributed by atoms with van der Waals surface area (Å²) in [4.78, 5) is 25.6. The van der Waals surface area contributed by atoms with Gasteiger partial charge in [-0.3, -0.25) is 9.59 Å². The van der Waals surface area contributed by atoms with Crippen molar-refractivity contribution in [3.63, 3.8) is 0 Å². The highest BCUT2D eigenvalue weighted by atomic mass is 32.2. The summed E-state index contributed by atoms with van der Waals surface area (Å²) in [6.45, 7) is 4.18. The lowest BCUT2D eigenvalue weighted by atomic mass is 10.1. The fraction of sp³-hybridized carbons (Fsp3) is 0.200. The van der Waals surface area contributed by atoms with Crippen LogP contribution in [0.4, 0.5) is 11.4 Å². The Balaban J connectivity index is 1.99. The molecule has 0 radical (unpaired) electrons. The SMILES string of the molecule is CCOc1cc(NC(=O)c2ccccc2S(C)(=O)=O)c(OCC)cc1NC(=O)c1ccccc1. The van der Waals surface area contributed by atoms with E-state index in [1.807, 2.05) is 6.07 Å². The molecule has 9 heteroatoms. The Labute approximate surface area is 198 Å². The summed E-state index contributed by atoms with van der Waals surface area (Å²) in [5, 5.41) is 5.53. The second-order valence-electron chi connectivity index (χ2n) is 7.25. The van der Waals surface area contributed by atoms with Crippen LogP contribution < -0.4 is 20.1 Å². The zero-order chi connectivity index (χ0) is 24.7. The molecule has 3 aromatic rings. The molecule has 0 heterocycles. The number of amides is 2. The number of anilines is 2. The normalized spacial score (nSPS) is 10.9. The molecule has 0 saturated carbocycles. The van der Waals surface area contributed by atoms with E-state index in [1.165, 1.54) is 18.2 Å². The van der Waals surface area contributed by atoms with Gasteiger partial charge in [-0.1, -0.05) is 30.3 Å². The fourth-order valence-electron chi connectivity index (χ4n) is 3.26. The van der Waals surface area contributed by atoms with Crippen molar-refractivity contribution < 1.29 is 27.5 Å². The molecule has 0 fully saturated rings. The van der Waals surface area contributed by atoms with E-state index in [0.29, 0.717) is 36.0 Å². The number of ether oxygens (including phenoxy) is 2. The third-order valence-corrected chi connectivity index (χ3v) is 5.90. The second-order valence-corrected chi connectivity index (χ2v) is 9.24. The molecule has 34 heavy (non-hydrogen) atoms. The van der Waals surface area contributed by atoms with E-state index in [4.69, 9.17) is 9.47 Å². The van der Waals surface area contributed by atoms with Crippen molar-refractivity contribution in [3.05, 3.63) is 77.9 Å². The summed E-state index contributed by atoms with van der Waals surface area (Å²) in [5.41, 5.74) is 1.12. The predicted molar refractivity (Wildman–Crippen MR) is 131 cm³/mol. The van der Waals surface area contributed by atoms with Gasteiger partial charge in [0.05, 0.1) is 35.0 Å². The van der Waals surface area contributed by atoms with Crippen LogP contribution >= 0.6 is 0 Å². The zero-order valence-corrected chi connectivity index (χ0v) is 19.9. The van der Waals surface area contributed by atoms with Gasteiger partial charge in [0.25, 0.3) is 11.8 Å². The molecular formula is C25H26N2O6S. The molecule has 0 aliphatic rings. The first-order chi connectivity index (χ1) is 16.2. The van der Waals surface area contributed by atoms with Crippen LogP contribution in [0.2, 0.25) is 0 Å². The van der Waals surface area contributed by atoms with Crippen molar-refractivity contribution in [1.29, 1.82) is 0 Å². The van der Waals surface area contributed by atoms with Crippen LogP contribution in [-0.4, -0.2) is 39.7 Å². The van der Waals surface area contributed by atoms with Crippen molar-refractivity contribution in [2.24, 2.45) is 0 Å². The number of hydrogen-bond donors (Lipinski definition) is 2. The Morgan fingerprint density at radius 3 is 1.79 bits per heavy atom. The van der Waals surface area contributed by atoms with Crippen LogP contribution in [-0.2, 0) is 9.84 Å². The van der Waals surface area contributed by atoms with E-state index >= 15 is 0 Å². The molecule has 0 unspecified atom stereocenters. The first-order valence-electron chi connectivity index (χ1n) is 10.6.